The van der Waals surface area contributed by atoms with Gasteiger partial charge in [0.05, 0.1) is 5.02 Å². The van der Waals surface area contributed by atoms with Crippen LogP contribution in [0.15, 0.2) is 24.3 Å². The van der Waals surface area contributed by atoms with Gasteiger partial charge in [-0.1, -0.05) is 36.5 Å². The van der Waals surface area contributed by atoms with Crippen molar-refractivity contribution in [2.24, 2.45) is 0 Å². The number of anilines is 1. The van der Waals surface area contributed by atoms with Crippen LogP contribution in [-0.4, -0.2) is 22.7 Å². The van der Waals surface area contributed by atoms with Gasteiger partial charge in [0.15, 0.2) is 12.4 Å². The average Bonchev–Trinajstić information content (AvgIpc) is 2.87. The molecule has 1 heterocycles. The van der Waals surface area contributed by atoms with E-state index >= 15 is 0 Å². The van der Waals surface area contributed by atoms with Crippen LogP contribution >= 0.6 is 23.2 Å². The van der Waals surface area contributed by atoms with Crippen molar-refractivity contribution in [3.05, 3.63) is 40.0 Å². The fourth-order valence-corrected chi connectivity index (χ4v) is 2.07. The minimum atomic E-state index is -0.319. The Morgan fingerprint density at radius 2 is 2.19 bits per heavy atom. The predicted octanol–water partition coefficient (Wildman–Crippen LogP) is 3.69. The molecule has 0 fully saturated rings. The van der Waals surface area contributed by atoms with Gasteiger partial charge in [-0.05, 0) is 18.6 Å². The van der Waals surface area contributed by atoms with Gasteiger partial charge in [0.1, 0.15) is 5.75 Å². The molecule has 1 aromatic carbocycles. The highest BCUT2D eigenvalue weighted by molar-refractivity contribution is 6.34. The quantitative estimate of drug-likeness (QED) is 0.850. The van der Waals surface area contributed by atoms with Gasteiger partial charge in [-0.15, -0.1) is 0 Å². The highest BCUT2D eigenvalue weighted by atomic mass is 35.5. The number of amides is 1. The lowest BCUT2D eigenvalue weighted by atomic mass is 10.2. The Labute approximate surface area is 132 Å². The van der Waals surface area contributed by atoms with Crippen molar-refractivity contribution in [3.8, 4) is 5.75 Å². The maximum atomic E-state index is 11.8. The Kier molecular flexibility index (Phi) is 5.47. The van der Waals surface area contributed by atoms with Crippen LogP contribution in [0.1, 0.15) is 19.0 Å². The number of H-pyrrole nitrogens is 1. The summed E-state index contributed by atoms with van der Waals surface area (Å²) in [5.74, 6) is 0.526. The number of benzene rings is 1. The molecule has 0 radical (unpaired) electrons. The SMILES string of the molecule is CCCc1cc(NC(=O)COc2cc(Cl)ccc2Cl)n[nH]1. The average molecular weight is 328 g/mol. The number of carbonyl (C=O) groups excluding carboxylic acids is 1. The second-order valence-electron chi connectivity index (χ2n) is 4.44. The zero-order valence-electron chi connectivity index (χ0n) is 11.5. The lowest BCUT2D eigenvalue weighted by Crippen LogP contribution is -2.20. The van der Waals surface area contributed by atoms with E-state index in [1.54, 1.807) is 24.3 Å². The third kappa shape index (κ3) is 4.65. The topological polar surface area (TPSA) is 67.0 Å². The standard InChI is InChI=1S/C14H15Cl2N3O2/c1-2-3-10-7-13(19-18-10)17-14(20)8-21-12-6-9(15)4-5-11(12)16/h4-7H,2-3,8H2,1H3,(H2,17,18,19,20). The number of ether oxygens (including phenoxy) is 1. The summed E-state index contributed by atoms with van der Waals surface area (Å²) in [5, 5.41) is 10.4. The first-order valence-electron chi connectivity index (χ1n) is 6.50. The van der Waals surface area contributed by atoms with Gasteiger partial charge in [-0.25, -0.2) is 0 Å². The van der Waals surface area contributed by atoms with Gasteiger partial charge < -0.3 is 10.1 Å². The molecule has 0 saturated carbocycles. The van der Waals surface area contributed by atoms with Crippen molar-refractivity contribution in [1.29, 1.82) is 0 Å². The van der Waals surface area contributed by atoms with Crippen LogP contribution < -0.4 is 10.1 Å². The molecule has 0 aliphatic carbocycles. The molecule has 0 aliphatic rings. The Morgan fingerprint density at radius 1 is 1.38 bits per heavy atom. The summed E-state index contributed by atoms with van der Waals surface area (Å²) in [7, 11) is 0. The van der Waals surface area contributed by atoms with Crippen molar-refractivity contribution in [3.63, 3.8) is 0 Å². The van der Waals surface area contributed by atoms with Gasteiger partial charge in [0.25, 0.3) is 5.91 Å². The lowest BCUT2D eigenvalue weighted by Gasteiger charge is -2.07. The molecule has 2 N–H and O–H groups in total. The van der Waals surface area contributed by atoms with E-state index in [0.717, 1.165) is 18.5 Å². The maximum absolute atomic E-state index is 11.8. The van der Waals surface area contributed by atoms with Crippen LogP contribution in [0.2, 0.25) is 10.0 Å². The van der Waals surface area contributed by atoms with E-state index in [-0.39, 0.29) is 12.5 Å². The summed E-state index contributed by atoms with van der Waals surface area (Å²) < 4.78 is 5.34. The zero-order valence-corrected chi connectivity index (χ0v) is 13.0. The summed E-state index contributed by atoms with van der Waals surface area (Å²) in [6.45, 7) is 1.90. The molecule has 1 aromatic heterocycles. The first-order valence-corrected chi connectivity index (χ1v) is 7.26. The zero-order chi connectivity index (χ0) is 15.2. The van der Waals surface area contributed by atoms with E-state index in [9.17, 15) is 4.79 Å². The number of aryl methyl sites for hydroxylation is 1. The van der Waals surface area contributed by atoms with E-state index in [0.29, 0.717) is 21.6 Å². The summed E-state index contributed by atoms with van der Waals surface area (Å²) in [6.07, 6.45) is 1.89. The fraction of sp³-hybridized carbons (Fsp3) is 0.286. The van der Waals surface area contributed by atoms with Crippen LogP contribution in [0.25, 0.3) is 0 Å². The number of carbonyl (C=O) groups is 1. The summed E-state index contributed by atoms with van der Waals surface area (Å²) >= 11 is 11.8. The van der Waals surface area contributed by atoms with E-state index in [4.69, 9.17) is 27.9 Å². The molecule has 7 heteroatoms. The largest absolute Gasteiger partial charge is 0.482 e. The first kappa shape index (κ1) is 15.7. The van der Waals surface area contributed by atoms with Crippen molar-refractivity contribution in [2.45, 2.75) is 19.8 Å². The Bertz CT molecular complexity index is 628. The van der Waals surface area contributed by atoms with Crippen LogP contribution in [0.5, 0.6) is 5.75 Å². The molecular weight excluding hydrogens is 313 g/mol. The highest BCUT2D eigenvalue weighted by Crippen LogP contribution is 2.27. The van der Waals surface area contributed by atoms with Crippen LogP contribution in [0, 0.1) is 0 Å². The van der Waals surface area contributed by atoms with Gasteiger partial charge in [0.2, 0.25) is 0 Å². The molecule has 112 valence electrons. The molecule has 0 unspecified atom stereocenters. The number of nitrogens with one attached hydrogen (secondary N) is 2. The summed E-state index contributed by atoms with van der Waals surface area (Å²) in [4.78, 5) is 11.8. The third-order valence-corrected chi connectivity index (χ3v) is 3.22. The number of hydrogen-bond acceptors (Lipinski definition) is 3. The van der Waals surface area contributed by atoms with Gasteiger partial charge >= 0.3 is 0 Å². The second-order valence-corrected chi connectivity index (χ2v) is 5.28. The maximum Gasteiger partial charge on any atom is 0.263 e. The smallest absolute Gasteiger partial charge is 0.263 e. The molecule has 5 nitrogen and oxygen atoms in total. The van der Waals surface area contributed by atoms with E-state index in [2.05, 4.69) is 22.4 Å². The van der Waals surface area contributed by atoms with Crippen molar-refractivity contribution in [1.82, 2.24) is 10.2 Å². The van der Waals surface area contributed by atoms with E-state index in [1.165, 1.54) is 0 Å². The number of halogens is 2. The number of aromatic nitrogens is 2. The summed E-state index contributed by atoms with van der Waals surface area (Å²) in [5.41, 5.74) is 0.978. The van der Waals surface area contributed by atoms with E-state index < -0.39 is 0 Å². The number of aromatic amines is 1. The van der Waals surface area contributed by atoms with Crippen molar-refractivity contribution < 1.29 is 9.53 Å². The Hall–Kier alpha value is -1.72. The normalized spacial score (nSPS) is 10.4. The van der Waals surface area contributed by atoms with Crippen LogP contribution in [0.3, 0.4) is 0 Å². The van der Waals surface area contributed by atoms with Gasteiger partial charge in [-0.3, -0.25) is 9.89 Å². The predicted molar refractivity (Wildman–Crippen MR) is 83.2 cm³/mol. The number of rotatable bonds is 6. The molecule has 0 bridgehead atoms. The Morgan fingerprint density at radius 3 is 2.95 bits per heavy atom. The molecule has 1 amide bonds. The third-order valence-electron chi connectivity index (χ3n) is 2.67. The molecule has 21 heavy (non-hydrogen) atoms. The van der Waals surface area contributed by atoms with E-state index in [1.807, 2.05) is 0 Å². The lowest BCUT2D eigenvalue weighted by molar-refractivity contribution is -0.118. The van der Waals surface area contributed by atoms with Gasteiger partial charge in [0, 0.05) is 22.8 Å². The number of nitrogens with zero attached hydrogens (tertiary/aromatic N) is 1. The molecule has 0 atom stereocenters. The summed E-state index contributed by atoms with van der Waals surface area (Å²) in [6, 6.07) is 6.62. The molecule has 2 rings (SSSR count). The van der Waals surface area contributed by atoms with Gasteiger partial charge in [-0.2, -0.15) is 5.10 Å². The minimum Gasteiger partial charge on any atom is -0.482 e. The number of hydrogen-bond donors (Lipinski definition) is 2. The van der Waals surface area contributed by atoms with Crippen LogP contribution in [0.4, 0.5) is 5.82 Å². The van der Waals surface area contributed by atoms with Crippen molar-refractivity contribution >= 4 is 34.9 Å². The molecular formula is C14H15Cl2N3O2. The second kappa shape index (κ2) is 7.33. The molecule has 0 spiro atoms. The van der Waals surface area contributed by atoms with Crippen molar-refractivity contribution in [2.75, 3.05) is 11.9 Å². The Balaban J connectivity index is 1.88. The highest BCUT2D eigenvalue weighted by Gasteiger charge is 2.09. The molecule has 0 aliphatic heterocycles. The fourth-order valence-electron chi connectivity index (χ4n) is 1.73. The molecule has 2 aromatic rings. The molecule has 0 saturated heterocycles. The monoisotopic (exact) mass is 327 g/mol. The van der Waals surface area contributed by atoms with Crippen LogP contribution in [-0.2, 0) is 11.2 Å². The first-order chi connectivity index (χ1) is 10.1. The minimum absolute atomic E-state index is 0.171.